The molecule has 152 valence electrons. The van der Waals surface area contributed by atoms with Crippen LogP contribution in [0.4, 0.5) is 27.8 Å². The SMILES string of the molecule is CC.O=C(O)c1ccc2c(n1)N(C(=O)Nc1cc([N+](=O)[O-])ccn1)C1CCN2C1. The number of nitrogens with one attached hydrogen (secondary N) is 1. The molecule has 4 heterocycles. The van der Waals surface area contributed by atoms with Crippen molar-refractivity contribution in [1.29, 1.82) is 0 Å². The smallest absolute Gasteiger partial charge is 0.354 e. The molecule has 2 amide bonds. The summed E-state index contributed by atoms with van der Waals surface area (Å²) in [7, 11) is 0. The van der Waals surface area contributed by atoms with Crippen LogP contribution in [0.1, 0.15) is 30.8 Å². The molecule has 2 aromatic heterocycles. The molecule has 0 saturated carbocycles. The largest absolute Gasteiger partial charge is 0.477 e. The Morgan fingerprint density at radius 3 is 2.76 bits per heavy atom. The number of rotatable bonds is 3. The number of carboxylic acids is 1. The monoisotopic (exact) mass is 400 g/mol. The van der Waals surface area contributed by atoms with Crippen molar-refractivity contribution in [2.24, 2.45) is 0 Å². The number of fused-ring (bicyclic) bond motifs is 4. The third-order valence-electron chi connectivity index (χ3n) is 4.58. The lowest BCUT2D eigenvalue weighted by Crippen LogP contribution is -2.48. The normalized spacial score (nSPS) is 16.4. The number of nitro groups is 1. The molecule has 1 saturated heterocycles. The molecule has 2 aromatic rings. The van der Waals surface area contributed by atoms with Crippen molar-refractivity contribution < 1.29 is 19.6 Å². The predicted molar refractivity (Wildman–Crippen MR) is 106 cm³/mol. The van der Waals surface area contributed by atoms with Crippen LogP contribution in [0.3, 0.4) is 0 Å². The molecule has 2 aliphatic rings. The van der Waals surface area contributed by atoms with Gasteiger partial charge in [0.15, 0.2) is 11.5 Å². The summed E-state index contributed by atoms with van der Waals surface area (Å²) in [6.45, 7) is 5.33. The highest BCUT2D eigenvalue weighted by molar-refractivity contribution is 6.04. The van der Waals surface area contributed by atoms with E-state index in [4.69, 9.17) is 0 Å². The highest BCUT2D eigenvalue weighted by Gasteiger charge is 2.40. The Labute approximate surface area is 166 Å². The summed E-state index contributed by atoms with van der Waals surface area (Å²) in [5.41, 5.74) is 0.316. The maximum absolute atomic E-state index is 12.9. The van der Waals surface area contributed by atoms with Crippen molar-refractivity contribution in [3.8, 4) is 0 Å². The van der Waals surface area contributed by atoms with E-state index in [9.17, 15) is 24.8 Å². The van der Waals surface area contributed by atoms with Gasteiger partial charge in [-0.05, 0) is 18.6 Å². The Bertz CT molecular complexity index is 966. The van der Waals surface area contributed by atoms with Crippen LogP contribution in [0, 0.1) is 10.1 Å². The minimum Gasteiger partial charge on any atom is -0.477 e. The molecule has 1 unspecified atom stereocenters. The van der Waals surface area contributed by atoms with E-state index >= 15 is 0 Å². The molecule has 0 aliphatic carbocycles. The third kappa shape index (κ3) is 3.79. The zero-order valence-corrected chi connectivity index (χ0v) is 15.9. The van der Waals surface area contributed by atoms with Crippen molar-refractivity contribution in [3.63, 3.8) is 0 Å². The van der Waals surface area contributed by atoms with Gasteiger partial charge < -0.3 is 10.0 Å². The number of pyridine rings is 2. The van der Waals surface area contributed by atoms with Crippen LogP contribution in [0.15, 0.2) is 30.5 Å². The lowest BCUT2D eigenvalue weighted by molar-refractivity contribution is -0.384. The van der Waals surface area contributed by atoms with Gasteiger partial charge in [0.1, 0.15) is 5.82 Å². The summed E-state index contributed by atoms with van der Waals surface area (Å²) in [4.78, 5) is 46.0. The number of urea groups is 1. The van der Waals surface area contributed by atoms with Gasteiger partial charge in [-0.1, -0.05) is 13.8 Å². The number of nitrogens with zero attached hydrogens (tertiary/aromatic N) is 5. The van der Waals surface area contributed by atoms with Gasteiger partial charge in [0.05, 0.1) is 22.7 Å². The van der Waals surface area contributed by atoms with Crippen LogP contribution < -0.4 is 15.1 Å². The van der Waals surface area contributed by atoms with E-state index in [-0.39, 0.29) is 29.1 Å². The maximum Gasteiger partial charge on any atom is 0.354 e. The first-order valence-corrected chi connectivity index (χ1v) is 9.14. The van der Waals surface area contributed by atoms with Crippen LogP contribution in [-0.2, 0) is 0 Å². The third-order valence-corrected chi connectivity index (χ3v) is 4.58. The number of carboxylic acid groups (broad SMARTS) is 1. The van der Waals surface area contributed by atoms with E-state index in [1.165, 1.54) is 23.2 Å². The molecule has 1 atom stereocenters. The van der Waals surface area contributed by atoms with E-state index in [0.717, 1.165) is 12.6 Å². The number of hydrogen-bond acceptors (Lipinski definition) is 7. The Morgan fingerprint density at radius 2 is 2.07 bits per heavy atom. The first kappa shape index (κ1) is 20.0. The first-order chi connectivity index (χ1) is 13.9. The molecule has 2 N–H and O–H groups in total. The number of aromatic carboxylic acids is 1. The van der Waals surface area contributed by atoms with Crippen LogP contribution >= 0.6 is 0 Å². The summed E-state index contributed by atoms with van der Waals surface area (Å²) >= 11 is 0. The number of carbonyl (C=O) groups is 2. The van der Waals surface area contributed by atoms with Crippen molar-refractivity contribution in [3.05, 3.63) is 46.3 Å². The van der Waals surface area contributed by atoms with Gasteiger partial charge in [-0.15, -0.1) is 0 Å². The molecule has 11 heteroatoms. The van der Waals surface area contributed by atoms with Crippen molar-refractivity contribution >= 4 is 35.0 Å². The van der Waals surface area contributed by atoms with Gasteiger partial charge in [-0.3, -0.25) is 20.3 Å². The van der Waals surface area contributed by atoms with Crippen LogP contribution in [0.2, 0.25) is 0 Å². The van der Waals surface area contributed by atoms with Crippen LogP contribution in [0.25, 0.3) is 0 Å². The highest BCUT2D eigenvalue weighted by Crippen LogP contribution is 2.39. The quantitative estimate of drug-likeness (QED) is 0.591. The summed E-state index contributed by atoms with van der Waals surface area (Å²) in [5.74, 6) is -0.899. The van der Waals surface area contributed by atoms with E-state index in [1.54, 1.807) is 6.07 Å². The van der Waals surface area contributed by atoms with Crippen molar-refractivity contribution in [1.82, 2.24) is 9.97 Å². The topological polar surface area (TPSA) is 142 Å². The molecule has 11 nitrogen and oxygen atoms in total. The molecular weight excluding hydrogens is 380 g/mol. The summed E-state index contributed by atoms with van der Waals surface area (Å²) in [5, 5.41) is 22.6. The van der Waals surface area contributed by atoms with Gasteiger partial charge in [0.25, 0.3) is 5.69 Å². The zero-order valence-electron chi connectivity index (χ0n) is 15.9. The standard InChI is InChI=1S/C16H14N6O5.C2H6/c23-15(24)11-1-2-12-14(18-11)21(10-4-6-20(12)8-10)16(25)19-13-7-9(22(26)27)3-5-17-13;1-2/h1-3,5,7,10H,4,6,8H2,(H,23,24)(H,17,19,25);1-2H3. The second-order valence-electron chi connectivity index (χ2n) is 6.19. The van der Waals surface area contributed by atoms with Gasteiger partial charge in [0.2, 0.25) is 0 Å². The van der Waals surface area contributed by atoms with Gasteiger partial charge >= 0.3 is 12.0 Å². The molecule has 0 spiro atoms. The average molecular weight is 400 g/mol. The van der Waals surface area contributed by atoms with Gasteiger partial charge in [-0.25, -0.2) is 19.6 Å². The Hall–Kier alpha value is -3.76. The van der Waals surface area contributed by atoms with E-state index in [0.29, 0.717) is 18.7 Å². The molecule has 0 radical (unpaired) electrons. The van der Waals surface area contributed by atoms with Crippen LogP contribution in [-0.4, -0.2) is 51.1 Å². The van der Waals surface area contributed by atoms with E-state index in [2.05, 4.69) is 15.3 Å². The number of anilines is 3. The minimum atomic E-state index is -1.19. The molecule has 29 heavy (non-hydrogen) atoms. The number of amides is 2. The van der Waals surface area contributed by atoms with Crippen LogP contribution in [0.5, 0.6) is 0 Å². The van der Waals surface area contributed by atoms with Gasteiger partial charge in [-0.2, -0.15) is 0 Å². The fraction of sp³-hybridized carbons (Fsp3) is 0.333. The summed E-state index contributed by atoms with van der Waals surface area (Å²) in [6.07, 6.45) is 1.94. The number of carbonyl (C=O) groups excluding carboxylic acids is 1. The minimum absolute atomic E-state index is 0.0329. The summed E-state index contributed by atoms with van der Waals surface area (Å²) in [6, 6.07) is 4.68. The van der Waals surface area contributed by atoms with E-state index < -0.39 is 16.9 Å². The maximum atomic E-state index is 12.9. The second-order valence-corrected chi connectivity index (χ2v) is 6.19. The molecule has 4 rings (SSSR count). The Morgan fingerprint density at radius 1 is 1.31 bits per heavy atom. The summed E-state index contributed by atoms with van der Waals surface area (Å²) < 4.78 is 0. The number of aromatic nitrogens is 2. The number of hydrogen-bond donors (Lipinski definition) is 2. The van der Waals surface area contributed by atoms with Crippen molar-refractivity contribution in [2.45, 2.75) is 26.3 Å². The predicted octanol–water partition coefficient (Wildman–Crippen LogP) is 2.74. The molecule has 0 aromatic carbocycles. The average Bonchev–Trinajstić information content (AvgIpc) is 3.13. The first-order valence-electron chi connectivity index (χ1n) is 9.14. The highest BCUT2D eigenvalue weighted by atomic mass is 16.6. The van der Waals surface area contributed by atoms with E-state index in [1.807, 2.05) is 18.7 Å². The van der Waals surface area contributed by atoms with Crippen molar-refractivity contribution in [2.75, 3.05) is 28.2 Å². The zero-order chi connectivity index (χ0) is 21.1. The molecule has 1 fully saturated rings. The molecule has 2 aliphatic heterocycles. The van der Waals surface area contributed by atoms with Gasteiger partial charge in [0, 0.05) is 25.4 Å². The molecular formula is C18H20N6O5. The Balaban J connectivity index is 0.00000117. The lowest BCUT2D eigenvalue weighted by atomic mass is 10.2. The lowest BCUT2D eigenvalue weighted by Gasteiger charge is -2.35. The fourth-order valence-electron chi connectivity index (χ4n) is 3.36. The Kier molecular flexibility index (Phi) is 5.57. The fourth-order valence-corrected chi connectivity index (χ4v) is 3.36. The molecule has 2 bridgehead atoms. The second kappa shape index (κ2) is 8.09.